The summed E-state index contributed by atoms with van der Waals surface area (Å²) < 4.78 is 0. The molecule has 2 aromatic carbocycles. The number of hydrogen-bond donors (Lipinski definition) is 1. The Morgan fingerprint density at radius 2 is 1.42 bits per heavy atom. The molecular formula is C17H12N2O5. The van der Waals surface area contributed by atoms with Crippen LogP contribution in [0.4, 0.5) is 5.69 Å². The van der Waals surface area contributed by atoms with Crippen molar-refractivity contribution in [3.05, 3.63) is 65.2 Å². The number of imide groups is 1. The summed E-state index contributed by atoms with van der Waals surface area (Å²) in [6, 6.07) is 11.6. The van der Waals surface area contributed by atoms with Gasteiger partial charge in [-0.3, -0.25) is 14.4 Å². The van der Waals surface area contributed by atoms with Crippen LogP contribution in [0.15, 0.2) is 48.5 Å². The quantitative estimate of drug-likeness (QED) is 0.871. The van der Waals surface area contributed by atoms with Crippen LogP contribution in [0, 0.1) is 0 Å². The fourth-order valence-electron chi connectivity index (χ4n) is 2.54. The van der Waals surface area contributed by atoms with Gasteiger partial charge in [0.05, 0.1) is 22.4 Å². The number of aromatic carboxylic acids is 1. The number of nitrogens with zero attached hydrogens (tertiary/aromatic N) is 2. The largest absolute Gasteiger partial charge is 0.478 e. The van der Waals surface area contributed by atoms with E-state index in [1.807, 2.05) is 0 Å². The molecule has 0 saturated heterocycles. The van der Waals surface area contributed by atoms with Crippen LogP contribution >= 0.6 is 0 Å². The Morgan fingerprint density at radius 3 is 1.83 bits per heavy atom. The summed E-state index contributed by atoms with van der Waals surface area (Å²) in [5.41, 5.74) is 0.693. The summed E-state index contributed by atoms with van der Waals surface area (Å²) >= 11 is 0. The van der Waals surface area contributed by atoms with E-state index in [0.29, 0.717) is 0 Å². The lowest BCUT2D eigenvalue weighted by Crippen LogP contribution is -2.49. The summed E-state index contributed by atoms with van der Waals surface area (Å²) in [5, 5.41) is 10.6. The molecule has 0 fully saturated rings. The third-order valence-electron chi connectivity index (χ3n) is 3.63. The van der Waals surface area contributed by atoms with Crippen molar-refractivity contribution in [3.63, 3.8) is 0 Å². The van der Waals surface area contributed by atoms with E-state index in [0.717, 1.165) is 10.0 Å². The minimum absolute atomic E-state index is 0.0320. The molecule has 24 heavy (non-hydrogen) atoms. The first-order chi connectivity index (χ1) is 11.4. The van der Waals surface area contributed by atoms with Crippen LogP contribution in [0.2, 0.25) is 0 Å². The third-order valence-corrected chi connectivity index (χ3v) is 3.63. The molecular weight excluding hydrogens is 312 g/mol. The predicted molar refractivity (Wildman–Crippen MR) is 83.5 cm³/mol. The zero-order valence-corrected chi connectivity index (χ0v) is 12.6. The first-order valence-electron chi connectivity index (χ1n) is 7.03. The number of carboxylic acid groups (broad SMARTS) is 1. The van der Waals surface area contributed by atoms with Gasteiger partial charge in [0, 0.05) is 6.92 Å². The molecule has 0 atom stereocenters. The molecule has 1 aliphatic heterocycles. The third kappa shape index (κ3) is 2.32. The van der Waals surface area contributed by atoms with E-state index in [-0.39, 0.29) is 22.4 Å². The lowest BCUT2D eigenvalue weighted by atomic mass is 10.1. The number of benzene rings is 2. The number of carboxylic acids is 1. The average Bonchev–Trinajstić information content (AvgIpc) is 2.81. The van der Waals surface area contributed by atoms with E-state index in [4.69, 9.17) is 5.11 Å². The van der Waals surface area contributed by atoms with Crippen LogP contribution in [0.1, 0.15) is 38.0 Å². The molecule has 1 heterocycles. The van der Waals surface area contributed by atoms with Crippen molar-refractivity contribution in [2.75, 3.05) is 5.01 Å². The molecule has 120 valence electrons. The molecule has 0 spiro atoms. The number of hydrogen-bond acceptors (Lipinski definition) is 4. The van der Waals surface area contributed by atoms with Crippen molar-refractivity contribution >= 4 is 29.4 Å². The number of rotatable bonds is 3. The molecule has 1 N–H and O–H groups in total. The smallest absolute Gasteiger partial charge is 0.335 e. The second-order valence-electron chi connectivity index (χ2n) is 5.15. The number of fused-ring (bicyclic) bond motifs is 1. The van der Waals surface area contributed by atoms with Crippen LogP contribution in [-0.2, 0) is 4.79 Å². The highest BCUT2D eigenvalue weighted by atomic mass is 16.4. The van der Waals surface area contributed by atoms with Crippen molar-refractivity contribution in [3.8, 4) is 0 Å². The number of hydrazine groups is 1. The first kappa shape index (κ1) is 15.4. The van der Waals surface area contributed by atoms with E-state index in [2.05, 4.69) is 0 Å². The van der Waals surface area contributed by atoms with Gasteiger partial charge in [-0.2, -0.15) is 5.01 Å². The molecule has 0 unspecified atom stereocenters. The maximum atomic E-state index is 12.5. The summed E-state index contributed by atoms with van der Waals surface area (Å²) in [6.45, 7) is 1.22. The van der Waals surface area contributed by atoms with Gasteiger partial charge in [-0.05, 0) is 36.4 Å². The van der Waals surface area contributed by atoms with Gasteiger partial charge in [0.1, 0.15) is 0 Å². The lowest BCUT2D eigenvalue weighted by molar-refractivity contribution is -0.118. The first-order valence-corrected chi connectivity index (χ1v) is 7.03. The van der Waals surface area contributed by atoms with Crippen molar-refractivity contribution in [1.29, 1.82) is 0 Å². The average molecular weight is 324 g/mol. The van der Waals surface area contributed by atoms with Crippen molar-refractivity contribution in [1.82, 2.24) is 5.01 Å². The van der Waals surface area contributed by atoms with Crippen molar-refractivity contribution < 1.29 is 24.3 Å². The van der Waals surface area contributed by atoms with Crippen LogP contribution in [0.3, 0.4) is 0 Å². The highest BCUT2D eigenvalue weighted by Crippen LogP contribution is 2.28. The Kier molecular flexibility index (Phi) is 3.61. The van der Waals surface area contributed by atoms with Crippen LogP contribution in [0.25, 0.3) is 0 Å². The van der Waals surface area contributed by atoms with E-state index in [9.17, 15) is 19.2 Å². The molecule has 1 aliphatic rings. The van der Waals surface area contributed by atoms with Gasteiger partial charge < -0.3 is 5.11 Å². The molecule has 2 aromatic rings. The molecule has 3 amide bonds. The highest BCUT2D eigenvalue weighted by molar-refractivity contribution is 6.23. The Hall–Kier alpha value is -3.48. The lowest BCUT2D eigenvalue weighted by Gasteiger charge is -2.28. The fraction of sp³-hybridized carbons (Fsp3) is 0.0588. The second-order valence-corrected chi connectivity index (χ2v) is 5.15. The molecule has 7 heteroatoms. The van der Waals surface area contributed by atoms with E-state index in [1.54, 1.807) is 12.1 Å². The normalized spacial score (nSPS) is 13.0. The van der Waals surface area contributed by atoms with Crippen LogP contribution in [0.5, 0.6) is 0 Å². The number of amides is 3. The monoisotopic (exact) mass is 324 g/mol. The van der Waals surface area contributed by atoms with Gasteiger partial charge in [0.15, 0.2) is 0 Å². The molecule has 0 bridgehead atoms. The Morgan fingerprint density at radius 1 is 0.917 bits per heavy atom. The predicted octanol–water partition coefficient (Wildman–Crippen LogP) is 1.95. The topological polar surface area (TPSA) is 95.0 Å². The minimum atomic E-state index is -1.11. The second kappa shape index (κ2) is 5.62. The van der Waals surface area contributed by atoms with E-state index >= 15 is 0 Å². The fourth-order valence-corrected chi connectivity index (χ4v) is 2.54. The maximum absolute atomic E-state index is 12.5. The van der Waals surface area contributed by atoms with Crippen molar-refractivity contribution in [2.45, 2.75) is 6.92 Å². The molecule has 0 aliphatic carbocycles. The van der Waals surface area contributed by atoms with Gasteiger partial charge in [0.2, 0.25) is 5.91 Å². The highest BCUT2D eigenvalue weighted by Gasteiger charge is 2.41. The Bertz CT molecular complexity index is 838. The molecule has 0 saturated carbocycles. The van der Waals surface area contributed by atoms with Gasteiger partial charge in [0.25, 0.3) is 11.8 Å². The number of carbonyl (C=O) groups excluding carboxylic acids is 3. The SMILES string of the molecule is CC(=O)N(c1ccc(C(=O)O)cc1)N1C(=O)c2ccccc2C1=O. The Labute approximate surface area is 136 Å². The Balaban J connectivity index is 2.04. The molecule has 0 radical (unpaired) electrons. The maximum Gasteiger partial charge on any atom is 0.335 e. The summed E-state index contributed by atoms with van der Waals surface area (Å²) in [4.78, 5) is 48.0. The molecule has 7 nitrogen and oxygen atoms in total. The van der Waals surface area contributed by atoms with Crippen LogP contribution in [-0.4, -0.2) is 33.8 Å². The summed E-state index contributed by atoms with van der Waals surface area (Å²) in [7, 11) is 0. The van der Waals surface area contributed by atoms with Gasteiger partial charge in [-0.25, -0.2) is 9.80 Å². The van der Waals surface area contributed by atoms with Gasteiger partial charge in [-0.15, -0.1) is 0 Å². The molecule has 3 rings (SSSR count). The van der Waals surface area contributed by atoms with Gasteiger partial charge in [-0.1, -0.05) is 12.1 Å². The zero-order chi connectivity index (χ0) is 17.4. The van der Waals surface area contributed by atoms with E-state index in [1.165, 1.54) is 43.3 Å². The molecule has 0 aromatic heterocycles. The zero-order valence-electron chi connectivity index (χ0n) is 12.6. The number of anilines is 1. The standard InChI is InChI=1S/C17H12N2O5/c1-10(20)18(12-8-6-11(7-9-12)17(23)24)19-15(21)13-4-2-3-5-14(13)16(19)22/h2-9H,1H3,(H,23,24). The number of carbonyl (C=O) groups is 4. The van der Waals surface area contributed by atoms with E-state index < -0.39 is 23.7 Å². The summed E-state index contributed by atoms with van der Waals surface area (Å²) in [5.74, 6) is -2.87. The summed E-state index contributed by atoms with van der Waals surface area (Å²) in [6.07, 6.45) is 0. The van der Waals surface area contributed by atoms with Gasteiger partial charge >= 0.3 is 5.97 Å². The van der Waals surface area contributed by atoms with Crippen molar-refractivity contribution in [2.24, 2.45) is 0 Å². The minimum Gasteiger partial charge on any atom is -0.478 e. The van der Waals surface area contributed by atoms with Crippen LogP contribution < -0.4 is 5.01 Å².